The average molecular weight is 286 g/mol. The van der Waals surface area contributed by atoms with E-state index in [0.29, 0.717) is 6.42 Å². The highest BCUT2D eigenvalue weighted by Crippen LogP contribution is 2.49. The fourth-order valence-corrected chi connectivity index (χ4v) is 3.45. The summed E-state index contributed by atoms with van der Waals surface area (Å²) in [7, 11) is -6.45. The van der Waals surface area contributed by atoms with Gasteiger partial charge in [-0.05, 0) is 6.42 Å². The Hall–Kier alpha value is 0.300. The molecule has 2 unspecified atom stereocenters. The topological polar surface area (TPSA) is 82.1 Å². The summed E-state index contributed by atoms with van der Waals surface area (Å²) >= 11 is 0. The summed E-state index contributed by atoms with van der Waals surface area (Å²) < 4.78 is 38.1. The van der Waals surface area contributed by atoms with Crippen molar-refractivity contribution >= 4 is 15.2 Å². The number of hydrogen-bond donors (Lipinski definition) is 1. The molecule has 0 aromatic rings. The number of hydrogen-bond acceptors (Lipinski definition) is 5. The Labute approximate surface area is 102 Å². The molecule has 0 amide bonds. The maximum atomic E-state index is 11.5. The second kappa shape index (κ2) is 5.96. The van der Waals surface area contributed by atoms with Crippen molar-refractivity contribution in [3.63, 3.8) is 0 Å². The second-order valence-electron chi connectivity index (χ2n) is 4.36. The van der Waals surface area contributed by atoms with Gasteiger partial charge in [0.05, 0.1) is 19.3 Å². The van der Waals surface area contributed by atoms with E-state index < -0.39 is 21.3 Å². The zero-order valence-electron chi connectivity index (χ0n) is 10.4. The molecular formula is C9H20O6P2. The van der Waals surface area contributed by atoms with Gasteiger partial charge in [-0.3, -0.25) is 9.13 Å². The van der Waals surface area contributed by atoms with Gasteiger partial charge in [-0.15, -0.1) is 0 Å². The van der Waals surface area contributed by atoms with Crippen LogP contribution in [0.2, 0.25) is 0 Å². The van der Waals surface area contributed by atoms with Gasteiger partial charge in [0.1, 0.15) is 0 Å². The molecule has 0 aromatic heterocycles. The second-order valence-corrected chi connectivity index (χ2v) is 8.23. The van der Waals surface area contributed by atoms with Crippen LogP contribution < -0.4 is 0 Å². The van der Waals surface area contributed by atoms with E-state index in [1.807, 2.05) is 6.92 Å². The monoisotopic (exact) mass is 286 g/mol. The van der Waals surface area contributed by atoms with Crippen LogP contribution in [-0.2, 0) is 22.7 Å². The summed E-state index contributed by atoms with van der Waals surface area (Å²) in [6.45, 7) is 5.00. The molecule has 1 rings (SSSR count). The molecule has 17 heavy (non-hydrogen) atoms. The summed E-state index contributed by atoms with van der Waals surface area (Å²) in [4.78, 5) is 9.24. The molecule has 1 heterocycles. The lowest BCUT2D eigenvalue weighted by molar-refractivity contribution is 0.0150. The van der Waals surface area contributed by atoms with Crippen LogP contribution in [-0.4, -0.2) is 37.5 Å². The molecule has 0 radical (unpaired) electrons. The van der Waals surface area contributed by atoms with Crippen LogP contribution in [0.5, 0.6) is 0 Å². The van der Waals surface area contributed by atoms with E-state index >= 15 is 0 Å². The summed E-state index contributed by atoms with van der Waals surface area (Å²) in [6, 6.07) is 0. The summed E-state index contributed by atoms with van der Waals surface area (Å²) in [6.07, 6.45) is 1.07. The van der Waals surface area contributed by atoms with Crippen LogP contribution in [0.25, 0.3) is 0 Å². The molecule has 1 fully saturated rings. The molecule has 6 nitrogen and oxygen atoms in total. The van der Waals surface area contributed by atoms with Crippen LogP contribution in [0.15, 0.2) is 0 Å². The van der Waals surface area contributed by atoms with Gasteiger partial charge in [0, 0.05) is 19.2 Å². The van der Waals surface area contributed by atoms with E-state index in [2.05, 4.69) is 0 Å². The van der Waals surface area contributed by atoms with Crippen molar-refractivity contribution in [1.82, 2.24) is 0 Å². The largest absolute Gasteiger partial charge is 0.327 e. The van der Waals surface area contributed by atoms with Crippen molar-refractivity contribution in [2.24, 2.45) is 5.92 Å². The predicted octanol–water partition coefficient (Wildman–Crippen LogP) is 2.47. The summed E-state index contributed by atoms with van der Waals surface area (Å²) in [5.74, 6) is -0.155. The Bertz CT molecular complexity index is 326. The molecule has 0 saturated carbocycles. The van der Waals surface area contributed by atoms with E-state index in [4.69, 9.17) is 13.6 Å². The lowest BCUT2D eigenvalue weighted by atomic mass is 10.0. The third-order valence-electron chi connectivity index (χ3n) is 2.48. The van der Waals surface area contributed by atoms with Gasteiger partial charge in [0.2, 0.25) is 0 Å². The Morgan fingerprint density at radius 3 is 2.47 bits per heavy atom. The smallest absolute Gasteiger partial charge is 0.324 e. The molecule has 1 saturated heterocycles. The fraction of sp³-hybridized carbons (Fsp3) is 1.00. The Kier molecular flexibility index (Phi) is 5.39. The first kappa shape index (κ1) is 15.4. The molecule has 2 atom stereocenters. The Balaban J connectivity index is 2.60. The van der Waals surface area contributed by atoms with Crippen LogP contribution in [0.3, 0.4) is 0 Å². The maximum Gasteiger partial charge on any atom is 0.327 e. The highest BCUT2D eigenvalue weighted by Gasteiger charge is 2.34. The van der Waals surface area contributed by atoms with Gasteiger partial charge >= 0.3 is 15.2 Å². The number of rotatable bonds is 5. The lowest BCUT2D eigenvalue weighted by Gasteiger charge is -2.32. The van der Waals surface area contributed by atoms with Crippen LogP contribution in [0, 0.1) is 5.92 Å². The molecule has 0 spiro atoms. The van der Waals surface area contributed by atoms with Gasteiger partial charge in [-0.2, -0.15) is 0 Å². The van der Waals surface area contributed by atoms with Crippen LogP contribution >= 0.6 is 15.2 Å². The van der Waals surface area contributed by atoms with E-state index in [1.165, 1.54) is 6.66 Å². The molecule has 0 bridgehead atoms. The van der Waals surface area contributed by atoms with Crippen molar-refractivity contribution < 1.29 is 27.6 Å². The van der Waals surface area contributed by atoms with Crippen molar-refractivity contribution in [3.8, 4) is 0 Å². The van der Waals surface area contributed by atoms with Gasteiger partial charge in [0.25, 0.3) is 0 Å². The van der Waals surface area contributed by atoms with E-state index in [0.717, 1.165) is 13.1 Å². The summed E-state index contributed by atoms with van der Waals surface area (Å²) in [5, 5.41) is 0. The first-order valence-corrected chi connectivity index (χ1v) is 9.60. The quantitative estimate of drug-likeness (QED) is 0.782. The average Bonchev–Trinajstić information content (AvgIpc) is 2.15. The third-order valence-corrected chi connectivity index (χ3v) is 4.37. The van der Waals surface area contributed by atoms with E-state index in [1.54, 1.807) is 0 Å². The van der Waals surface area contributed by atoms with E-state index in [-0.39, 0.29) is 19.1 Å². The minimum absolute atomic E-state index is 0.155. The molecule has 1 aliphatic heterocycles. The highest BCUT2D eigenvalue weighted by atomic mass is 31.2. The molecule has 102 valence electrons. The van der Waals surface area contributed by atoms with Crippen molar-refractivity contribution in [2.45, 2.75) is 25.9 Å². The van der Waals surface area contributed by atoms with Gasteiger partial charge in [-0.25, -0.2) is 0 Å². The molecule has 8 heteroatoms. The zero-order valence-corrected chi connectivity index (χ0v) is 12.2. The first-order valence-electron chi connectivity index (χ1n) is 5.59. The van der Waals surface area contributed by atoms with Crippen molar-refractivity contribution in [1.29, 1.82) is 0 Å². The van der Waals surface area contributed by atoms with Gasteiger partial charge in [0.15, 0.2) is 0 Å². The Morgan fingerprint density at radius 2 is 2.06 bits per heavy atom. The molecular weight excluding hydrogens is 266 g/mol. The maximum absolute atomic E-state index is 11.5. The lowest BCUT2D eigenvalue weighted by Crippen LogP contribution is -2.33. The molecule has 1 aliphatic rings. The first-order chi connectivity index (χ1) is 7.73. The third kappa shape index (κ3) is 5.64. The van der Waals surface area contributed by atoms with Crippen molar-refractivity contribution in [3.05, 3.63) is 0 Å². The molecule has 1 N–H and O–H groups in total. The standard InChI is InChI=1S/C9H20O6P2/c1-4-5-9(15-16(2,10)11)8-6-13-17(3,12)14-7-8/h8-9H,4-7H2,1-3H3,(H,10,11). The Morgan fingerprint density at radius 1 is 1.53 bits per heavy atom. The SMILES string of the molecule is CCCC(OP(C)(=O)O)C1COP(C)(=O)OC1. The zero-order chi connectivity index (χ0) is 13.1. The van der Waals surface area contributed by atoms with Crippen LogP contribution in [0.1, 0.15) is 19.8 Å². The van der Waals surface area contributed by atoms with Crippen LogP contribution in [0.4, 0.5) is 0 Å². The van der Waals surface area contributed by atoms with Gasteiger partial charge < -0.3 is 18.5 Å². The molecule has 0 aromatic carbocycles. The van der Waals surface area contributed by atoms with E-state index in [9.17, 15) is 14.0 Å². The molecule has 0 aliphatic carbocycles. The summed E-state index contributed by atoms with van der Waals surface area (Å²) in [5.41, 5.74) is 0. The van der Waals surface area contributed by atoms with Crippen molar-refractivity contribution in [2.75, 3.05) is 26.5 Å². The minimum atomic E-state index is -3.53. The normalized spacial score (nSPS) is 35.2. The predicted molar refractivity (Wildman–Crippen MR) is 64.5 cm³/mol. The highest BCUT2D eigenvalue weighted by molar-refractivity contribution is 7.53. The minimum Gasteiger partial charge on any atom is -0.324 e. The fourth-order valence-electron chi connectivity index (χ4n) is 1.67. The van der Waals surface area contributed by atoms with Gasteiger partial charge in [-0.1, -0.05) is 13.3 Å².